The molecule has 187 valence electrons. The summed E-state index contributed by atoms with van der Waals surface area (Å²) in [6.45, 7) is 4.61. The lowest BCUT2D eigenvalue weighted by atomic mass is 10.0. The van der Waals surface area contributed by atoms with E-state index in [0.29, 0.717) is 0 Å². The summed E-state index contributed by atoms with van der Waals surface area (Å²) in [5, 5.41) is 0. The largest absolute Gasteiger partial charge is 0.0654 e. The Hall–Kier alpha value is 0. The number of hydrogen-bond acceptors (Lipinski definition) is 0. The molecule has 0 aliphatic heterocycles. The Kier molecular flexibility index (Phi) is 30.0. The fourth-order valence-electron chi connectivity index (χ4n) is 4.76. The molecule has 0 N–H and O–H groups in total. The van der Waals surface area contributed by atoms with E-state index < -0.39 is 0 Å². The maximum absolute atomic E-state index is 2.58. The first-order valence-electron chi connectivity index (χ1n) is 15.2. The second kappa shape index (κ2) is 30.0. The predicted octanol–water partition coefficient (Wildman–Crippen LogP) is 12.2. The maximum atomic E-state index is 2.58. The van der Waals surface area contributed by atoms with Crippen LogP contribution in [0.1, 0.15) is 194 Å². The topological polar surface area (TPSA) is 0 Å². The monoisotopic (exact) mass is 435 g/mol. The Balaban J connectivity index is 2.98. The molecule has 0 fully saturated rings. The van der Waals surface area contributed by atoms with E-state index in [2.05, 4.69) is 20.3 Å². The Morgan fingerprint density at radius 3 is 0.677 bits per heavy atom. The molecular formula is C31H63. The molecule has 0 heterocycles. The lowest BCUT2D eigenvalue weighted by Crippen LogP contribution is -1.85. The SMILES string of the molecule is CCCCCCCCCCCCCCC[CH]CCCCCCCCCCCCCCC. The van der Waals surface area contributed by atoms with Crippen LogP contribution in [-0.2, 0) is 0 Å². The van der Waals surface area contributed by atoms with Crippen molar-refractivity contribution in [2.75, 3.05) is 0 Å². The van der Waals surface area contributed by atoms with Gasteiger partial charge in [0.25, 0.3) is 0 Å². The zero-order valence-corrected chi connectivity index (χ0v) is 22.4. The summed E-state index contributed by atoms with van der Waals surface area (Å²) in [6.07, 6.45) is 43.4. The van der Waals surface area contributed by atoms with Crippen molar-refractivity contribution in [3.63, 3.8) is 0 Å². The van der Waals surface area contributed by atoms with Crippen molar-refractivity contribution in [2.24, 2.45) is 0 Å². The van der Waals surface area contributed by atoms with E-state index in [1.807, 2.05) is 0 Å². The number of unbranched alkanes of at least 4 members (excludes halogenated alkanes) is 28. The van der Waals surface area contributed by atoms with Gasteiger partial charge in [-0.1, -0.05) is 194 Å². The summed E-state index contributed by atoms with van der Waals surface area (Å²) >= 11 is 0. The molecule has 0 aromatic rings. The normalized spacial score (nSPS) is 11.4. The molecule has 1 radical (unpaired) electrons. The summed E-state index contributed by atoms with van der Waals surface area (Å²) in [7, 11) is 0. The highest BCUT2D eigenvalue weighted by atomic mass is 14.0. The van der Waals surface area contributed by atoms with Gasteiger partial charge < -0.3 is 0 Å². The highest BCUT2D eigenvalue weighted by molar-refractivity contribution is 4.64. The number of hydrogen-bond donors (Lipinski definition) is 0. The Morgan fingerprint density at radius 1 is 0.258 bits per heavy atom. The average molecular weight is 436 g/mol. The van der Waals surface area contributed by atoms with Gasteiger partial charge in [-0.15, -0.1) is 0 Å². The molecule has 0 amide bonds. The molecule has 0 aromatic carbocycles. The van der Waals surface area contributed by atoms with Crippen LogP contribution < -0.4 is 0 Å². The Labute approximate surface area is 200 Å². The van der Waals surface area contributed by atoms with Gasteiger partial charge >= 0.3 is 0 Å². The van der Waals surface area contributed by atoms with Crippen molar-refractivity contribution in [3.05, 3.63) is 6.42 Å². The Morgan fingerprint density at radius 2 is 0.452 bits per heavy atom. The van der Waals surface area contributed by atoms with E-state index in [4.69, 9.17) is 0 Å². The van der Waals surface area contributed by atoms with Crippen LogP contribution >= 0.6 is 0 Å². The minimum Gasteiger partial charge on any atom is -0.0654 e. The minimum atomic E-state index is 1.37. The fraction of sp³-hybridized carbons (Fsp3) is 0.968. The zero-order chi connectivity index (χ0) is 22.5. The molecule has 0 spiro atoms. The van der Waals surface area contributed by atoms with Crippen LogP contribution in [-0.4, -0.2) is 0 Å². The first-order chi connectivity index (χ1) is 15.4. The summed E-state index contributed by atoms with van der Waals surface area (Å²) in [5.74, 6) is 0. The third-order valence-electron chi connectivity index (χ3n) is 7.02. The van der Waals surface area contributed by atoms with Gasteiger partial charge in [0.1, 0.15) is 0 Å². The van der Waals surface area contributed by atoms with E-state index in [9.17, 15) is 0 Å². The molecule has 0 unspecified atom stereocenters. The molecule has 0 aliphatic carbocycles. The van der Waals surface area contributed by atoms with Gasteiger partial charge in [-0.2, -0.15) is 0 Å². The molecule has 0 rings (SSSR count). The zero-order valence-electron chi connectivity index (χ0n) is 22.4. The van der Waals surface area contributed by atoms with Crippen LogP contribution in [0.5, 0.6) is 0 Å². The van der Waals surface area contributed by atoms with E-state index in [1.54, 1.807) is 0 Å². The van der Waals surface area contributed by atoms with E-state index in [0.717, 1.165) is 0 Å². The lowest BCUT2D eigenvalue weighted by Gasteiger charge is -2.04. The van der Waals surface area contributed by atoms with Gasteiger partial charge in [0.15, 0.2) is 0 Å². The third kappa shape index (κ3) is 30.0. The van der Waals surface area contributed by atoms with Crippen LogP contribution in [0, 0.1) is 6.42 Å². The van der Waals surface area contributed by atoms with Crippen LogP contribution in [0.2, 0.25) is 0 Å². The molecule has 0 aliphatic rings. The molecule has 0 heteroatoms. The van der Waals surface area contributed by atoms with Crippen molar-refractivity contribution in [1.82, 2.24) is 0 Å². The third-order valence-corrected chi connectivity index (χ3v) is 7.02. The van der Waals surface area contributed by atoms with Crippen LogP contribution in [0.3, 0.4) is 0 Å². The van der Waals surface area contributed by atoms with Gasteiger partial charge in [-0.05, 0) is 6.42 Å². The summed E-state index contributed by atoms with van der Waals surface area (Å²) < 4.78 is 0. The summed E-state index contributed by atoms with van der Waals surface area (Å²) in [4.78, 5) is 0. The first-order valence-corrected chi connectivity index (χ1v) is 15.2. The van der Waals surface area contributed by atoms with Gasteiger partial charge in [0.2, 0.25) is 0 Å². The standard InChI is InChI=1S/C31H63/c1-3-5-7-9-11-13-15-17-19-21-23-25-27-29-31-30-28-26-24-22-20-18-16-14-12-10-8-6-4-2/h31H,3-30H2,1-2H3. The molecule has 0 saturated heterocycles. The van der Waals surface area contributed by atoms with Gasteiger partial charge in [0, 0.05) is 0 Å². The van der Waals surface area contributed by atoms with Crippen molar-refractivity contribution in [2.45, 2.75) is 194 Å². The minimum absolute atomic E-state index is 1.37. The molecule has 0 nitrogen and oxygen atoms in total. The lowest BCUT2D eigenvalue weighted by molar-refractivity contribution is 0.533. The first kappa shape index (κ1) is 31.0. The maximum Gasteiger partial charge on any atom is -0.0386 e. The molecule has 0 bridgehead atoms. The van der Waals surface area contributed by atoms with Crippen LogP contribution in [0.15, 0.2) is 0 Å². The van der Waals surface area contributed by atoms with Crippen molar-refractivity contribution < 1.29 is 0 Å². The van der Waals surface area contributed by atoms with Crippen molar-refractivity contribution in [3.8, 4) is 0 Å². The van der Waals surface area contributed by atoms with Crippen LogP contribution in [0.25, 0.3) is 0 Å². The highest BCUT2D eigenvalue weighted by Crippen LogP contribution is 2.16. The molecule has 31 heavy (non-hydrogen) atoms. The average Bonchev–Trinajstić information content (AvgIpc) is 2.78. The number of rotatable bonds is 28. The second-order valence-electron chi connectivity index (χ2n) is 10.4. The second-order valence-corrected chi connectivity index (χ2v) is 10.4. The van der Waals surface area contributed by atoms with Gasteiger partial charge in [-0.25, -0.2) is 0 Å². The van der Waals surface area contributed by atoms with E-state index >= 15 is 0 Å². The van der Waals surface area contributed by atoms with E-state index in [-0.39, 0.29) is 0 Å². The van der Waals surface area contributed by atoms with Crippen molar-refractivity contribution >= 4 is 0 Å². The van der Waals surface area contributed by atoms with Gasteiger partial charge in [0.05, 0.1) is 0 Å². The summed E-state index contributed by atoms with van der Waals surface area (Å²) in [6, 6.07) is 0. The molecule has 0 atom stereocenters. The van der Waals surface area contributed by atoms with Crippen LogP contribution in [0.4, 0.5) is 0 Å². The summed E-state index contributed by atoms with van der Waals surface area (Å²) in [5.41, 5.74) is 0. The highest BCUT2D eigenvalue weighted by Gasteiger charge is 1.96. The van der Waals surface area contributed by atoms with Crippen molar-refractivity contribution in [1.29, 1.82) is 0 Å². The van der Waals surface area contributed by atoms with Gasteiger partial charge in [-0.3, -0.25) is 0 Å². The molecule has 0 aromatic heterocycles. The quantitative estimate of drug-likeness (QED) is 0.107. The predicted molar refractivity (Wildman–Crippen MR) is 145 cm³/mol. The van der Waals surface area contributed by atoms with E-state index in [1.165, 1.54) is 180 Å². The Bertz CT molecular complexity index is 254. The smallest absolute Gasteiger partial charge is 0.0386 e. The fourth-order valence-corrected chi connectivity index (χ4v) is 4.76. The molecule has 0 saturated carbocycles. The molecular weight excluding hydrogens is 372 g/mol.